The number of nitrogens with zero attached hydrogens (tertiary/aromatic N) is 4. The summed E-state index contributed by atoms with van der Waals surface area (Å²) in [5, 5.41) is 10.8. The van der Waals surface area contributed by atoms with Crippen LogP contribution in [0.4, 0.5) is 0 Å². The molecule has 2 N–H and O–H groups in total. The Hall–Kier alpha value is -2.71. The second-order valence-corrected chi connectivity index (χ2v) is 6.59. The topological polar surface area (TPSA) is 77.3 Å². The predicted octanol–water partition coefficient (Wildman–Crippen LogP) is 3.32. The van der Waals surface area contributed by atoms with Gasteiger partial charge in [-0.3, -0.25) is 0 Å². The zero-order valence-corrected chi connectivity index (χ0v) is 17.3. The van der Waals surface area contributed by atoms with E-state index < -0.39 is 0 Å². The van der Waals surface area contributed by atoms with Crippen molar-refractivity contribution in [3.63, 3.8) is 0 Å². The first-order chi connectivity index (χ1) is 12.7. The van der Waals surface area contributed by atoms with Crippen molar-refractivity contribution in [1.82, 2.24) is 4.57 Å². The van der Waals surface area contributed by atoms with E-state index in [0.29, 0.717) is 11.7 Å². The summed E-state index contributed by atoms with van der Waals surface area (Å²) in [7, 11) is 3.63. The number of methoxy groups -OCH3 is 1. The summed E-state index contributed by atoms with van der Waals surface area (Å²) in [6.07, 6.45) is 0. The molecule has 0 saturated heterocycles. The highest BCUT2D eigenvalue weighted by Gasteiger charge is 2.18. The van der Waals surface area contributed by atoms with Gasteiger partial charge < -0.3 is 15.0 Å². The van der Waals surface area contributed by atoms with Gasteiger partial charge in [0.1, 0.15) is 11.6 Å². The Labute approximate surface area is 171 Å². The molecule has 0 unspecified atom stereocenters. The summed E-state index contributed by atoms with van der Waals surface area (Å²) in [6.45, 7) is 0. The van der Waals surface area contributed by atoms with Crippen LogP contribution in [0.5, 0.6) is 5.75 Å². The van der Waals surface area contributed by atoms with Crippen LogP contribution in [0.2, 0.25) is 0 Å². The summed E-state index contributed by atoms with van der Waals surface area (Å²) >= 11 is 1.52. The van der Waals surface area contributed by atoms with Crippen molar-refractivity contribution in [3.8, 4) is 17.0 Å². The standard InChI is InChI=1S/C19H17N5OS.BrH/c1-24-16(12-7-9-13(25-2)10-8-12)11-26-19(24)23-22-18-15-6-4-3-5-14(15)17(20)21-18;/h3-11H,1-2H3,(H2,20,21,22);1H/b23-19-;. The Bertz CT molecular complexity index is 1100. The van der Waals surface area contributed by atoms with Crippen molar-refractivity contribution in [2.75, 3.05) is 7.11 Å². The third-order valence-corrected chi connectivity index (χ3v) is 5.12. The van der Waals surface area contributed by atoms with E-state index in [2.05, 4.69) is 20.6 Å². The number of aromatic nitrogens is 1. The molecule has 2 heterocycles. The minimum absolute atomic E-state index is 0. The molecule has 8 heteroatoms. The van der Waals surface area contributed by atoms with Crippen molar-refractivity contribution in [3.05, 3.63) is 69.8 Å². The molecule has 3 aromatic rings. The van der Waals surface area contributed by atoms with Gasteiger partial charge in [-0.05, 0) is 29.8 Å². The van der Waals surface area contributed by atoms with Gasteiger partial charge in [0.2, 0.25) is 4.80 Å². The number of ether oxygens (including phenoxy) is 1. The predicted molar refractivity (Wildman–Crippen MR) is 115 cm³/mol. The molecule has 0 spiro atoms. The van der Waals surface area contributed by atoms with Crippen LogP contribution in [-0.4, -0.2) is 23.3 Å². The lowest BCUT2D eigenvalue weighted by Crippen LogP contribution is -2.11. The van der Waals surface area contributed by atoms with E-state index in [1.54, 1.807) is 7.11 Å². The van der Waals surface area contributed by atoms with Crippen LogP contribution in [0.25, 0.3) is 11.3 Å². The first kappa shape index (κ1) is 19.1. The maximum absolute atomic E-state index is 5.95. The molecule has 0 fully saturated rings. The highest BCUT2D eigenvalue weighted by atomic mass is 79.9. The highest BCUT2D eigenvalue weighted by Crippen LogP contribution is 2.22. The van der Waals surface area contributed by atoms with Crippen LogP contribution < -0.4 is 15.3 Å². The monoisotopic (exact) mass is 443 g/mol. The van der Waals surface area contributed by atoms with E-state index in [4.69, 9.17) is 10.5 Å². The van der Waals surface area contributed by atoms with E-state index in [1.165, 1.54) is 11.3 Å². The van der Waals surface area contributed by atoms with Crippen LogP contribution in [0, 0.1) is 0 Å². The number of amidine groups is 2. The van der Waals surface area contributed by atoms with Gasteiger partial charge >= 0.3 is 0 Å². The molecule has 0 saturated carbocycles. The maximum atomic E-state index is 5.95. The van der Waals surface area contributed by atoms with Gasteiger partial charge in [0.05, 0.1) is 12.8 Å². The molecule has 0 amide bonds. The molecule has 0 aliphatic carbocycles. The third-order valence-electron chi connectivity index (χ3n) is 4.21. The molecular weight excluding hydrogens is 426 g/mol. The van der Waals surface area contributed by atoms with Crippen molar-refractivity contribution in [2.45, 2.75) is 0 Å². The Morgan fingerprint density at radius 1 is 1.04 bits per heavy atom. The molecule has 6 nitrogen and oxygen atoms in total. The lowest BCUT2D eigenvalue weighted by molar-refractivity contribution is 0.415. The number of benzene rings is 2. The average Bonchev–Trinajstić information content (AvgIpc) is 3.20. The van der Waals surface area contributed by atoms with Gasteiger partial charge in [-0.1, -0.05) is 24.3 Å². The minimum Gasteiger partial charge on any atom is -0.497 e. The number of aliphatic imine (C=N–C) groups is 1. The van der Waals surface area contributed by atoms with Gasteiger partial charge in [-0.15, -0.1) is 38.5 Å². The van der Waals surface area contributed by atoms with E-state index in [-0.39, 0.29) is 17.0 Å². The molecule has 27 heavy (non-hydrogen) atoms. The molecule has 1 aromatic heterocycles. The summed E-state index contributed by atoms with van der Waals surface area (Å²) in [6, 6.07) is 15.7. The summed E-state index contributed by atoms with van der Waals surface area (Å²) < 4.78 is 7.21. The van der Waals surface area contributed by atoms with Gasteiger partial charge in [0.25, 0.3) is 0 Å². The zero-order valence-electron chi connectivity index (χ0n) is 14.8. The number of hydrogen-bond donors (Lipinski definition) is 1. The van der Waals surface area contributed by atoms with E-state index in [0.717, 1.165) is 32.9 Å². The number of halogens is 1. The van der Waals surface area contributed by atoms with Crippen molar-refractivity contribution < 1.29 is 4.74 Å². The first-order valence-corrected chi connectivity index (χ1v) is 8.90. The van der Waals surface area contributed by atoms with Gasteiger partial charge in [-0.2, -0.15) is 0 Å². The summed E-state index contributed by atoms with van der Waals surface area (Å²) in [5.41, 5.74) is 9.91. The van der Waals surface area contributed by atoms with E-state index in [9.17, 15) is 0 Å². The van der Waals surface area contributed by atoms with E-state index >= 15 is 0 Å². The molecule has 2 aromatic carbocycles. The maximum Gasteiger partial charge on any atom is 0.210 e. The molecule has 0 radical (unpaired) electrons. The van der Waals surface area contributed by atoms with Crippen molar-refractivity contribution >= 4 is 40.0 Å². The molecular formula is C19H18BrN5OS. The van der Waals surface area contributed by atoms with Gasteiger partial charge in [0.15, 0.2) is 5.84 Å². The summed E-state index contributed by atoms with van der Waals surface area (Å²) in [5.74, 6) is 1.85. The third kappa shape index (κ3) is 3.58. The molecule has 1 aliphatic heterocycles. The van der Waals surface area contributed by atoms with Crippen LogP contribution >= 0.6 is 28.3 Å². The number of nitrogens with two attached hydrogens (primary N) is 1. The van der Waals surface area contributed by atoms with Crippen LogP contribution in [0.3, 0.4) is 0 Å². The highest BCUT2D eigenvalue weighted by molar-refractivity contribution is 8.93. The molecule has 1 aliphatic rings. The fourth-order valence-corrected chi connectivity index (χ4v) is 3.64. The summed E-state index contributed by atoms with van der Waals surface area (Å²) in [4.78, 5) is 5.10. The number of fused-ring (bicyclic) bond motifs is 1. The Morgan fingerprint density at radius 3 is 2.44 bits per heavy atom. The number of hydrogen-bond acceptors (Lipinski definition) is 5. The normalized spacial score (nSPS) is 14.7. The number of thiazole rings is 1. The quantitative estimate of drug-likeness (QED) is 0.630. The van der Waals surface area contributed by atoms with Crippen LogP contribution in [0.15, 0.2) is 69.1 Å². The second-order valence-electron chi connectivity index (χ2n) is 5.76. The largest absolute Gasteiger partial charge is 0.497 e. The molecule has 0 bridgehead atoms. The second kappa shape index (κ2) is 7.89. The average molecular weight is 444 g/mol. The molecule has 0 atom stereocenters. The van der Waals surface area contributed by atoms with Crippen molar-refractivity contribution in [2.24, 2.45) is 28.0 Å². The zero-order chi connectivity index (χ0) is 18.1. The molecule has 138 valence electrons. The smallest absolute Gasteiger partial charge is 0.210 e. The van der Waals surface area contributed by atoms with Crippen LogP contribution in [-0.2, 0) is 7.05 Å². The Balaban J connectivity index is 0.00000210. The van der Waals surface area contributed by atoms with Gasteiger partial charge in [0, 0.05) is 23.6 Å². The lowest BCUT2D eigenvalue weighted by atomic mass is 10.1. The SMILES string of the molecule is Br.COc1ccc(-c2cs/c(=N\N=C3/N=C(N)c4ccccc43)n2C)cc1. The van der Waals surface area contributed by atoms with Crippen molar-refractivity contribution in [1.29, 1.82) is 0 Å². The fourth-order valence-electron chi connectivity index (χ4n) is 2.79. The lowest BCUT2D eigenvalue weighted by Gasteiger charge is -2.04. The van der Waals surface area contributed by atoms with E-state index in [1.807, 2.05) is 60.1 Å². The first-order valence-electron chi connectivity index (χ1n) is 8.02. The molecule has 4 rings (SSSR count). The number of rotatable bonds is 3. The Morgan fingerprint density at radius 2 is 1.74 bits per heavy atom. The minimum atomic E-state index is 0. The Kier molecular flexibility index (Phi) is 5.57. The fraction of sp³-hybridized carbons (Fsp3) is 0.105. The van der Waals surface area contributed by atoms with Gasteiger partial charge in [-0.25, -0.2) is 4.99 Å². The van der Waals surface area contributed by atoms with Crippen LogP contribution in [0.1, 0.15) is 11.1 Å².